The maximum atomic E-state index is 13.4. The molecular formula is C20H30N6O3. The van der Waals surface area contributed by atoms with E-state index in [-0.39, 0.29) is 32.5 Å². The maximum absolute atomic E-state index is 13.4. The first-order chi connectivity index (χ1) is 18.5. The van der Waals surface area contributed by atoms with Crippen LogP contribution in [0.15, 0.2) is 35.0 Å². The van der Waals surface area contributed by atoms with E-state index in [9.17, 15) is 9.59 Å². The van der Waals surface area contributed by atoms with Crippen LogP contribution in [0.1, 0.15) is 48.1 Å². The zero-order valence-electron chi connectivity index (χ0n) is 27.2. The number of nitrogens with zero attached hydrogens (tertiary/aromatic N) is 6. The lowest BCUT2D eigenvalue weighted by atomic mass is 9.96. The first-order valence-electron chi connectivity index (χ1n) is 14.7. The molecule has 29 heavy (non-hydrogen) atoms. The predicted molar refractivity (Wildman–Crippen MR) is 110 cm³/mol. The largest absolute Gasteiger partial charge is 0.363 e. The minimum Gasteiger partial charge on any atom is -0.358 e. The standard InChI is InChI=1S/C20H30N6O3/c1-4-18(27)26(17-9-7-6-8-10-17)20(29-3)11-13-23(14-12-20)15-16-25-19(28)24(5-2)21-22-25/h6-10H,4-5,11-16H2,1-3H3/i1D2,6D,7D,8D,9D,10D,15D2,16D2. The average Bonchev–Trinajstić information content (AvgIpc) is 3.29. The molecule has 1 aromatic heterocycles. The Bertz CT molecular complexity index is 1290. The minimum atomic E-state index is -2.98. The second-order valence-corrected chi connectivity index (χ2v) is 6.26. The third-order valence-electron chi connectivity index (χ3n) is 4.72. The van der Waals surface area contributed by atoms with Gasteiger partial charge in [0.2, 0.25) is 5.91 Å². The molecule has 0 bridgehead atoms. The quantitative estimate of drug-likeness (QED) is 0.607. The van der Waals surface area contributed by atoms with Crippen LogP contribution in [0.3, 0.4) is 0 Å². The lowest BCUT2D eigenvalue weighted by Crippen LogP contribution is -2.59. The van der Waals surface area contributed by atoms with Gasteiger partial charge < -0.3 is 9.64 Å². The van der Waals surface area contributed by atoms with E-state index in [2.05, 4.69) is 10.4 Å². The molecule has 0 atom stereocenters. The minimum absolute atomic E-state index is 0.0938. The van der Waals surface area contributed by atoms with Crippen LogP contribution in [-0.2, 0) is 22.6 Å². The second-order valence-electron chi connectivity index (χ2n) is 6.26. The van der Waals surface area contributed by atoms with Crippen LogP contribution >= 0.6 is 0 Å². The molecule has 1 amide bonds. The summed E-state index contributed by atoms with van der Waals surface area (Å²) in [6, 6.07) is -3.50. The summed E-state index contributed by atoms with van der Waals surface area (Å²) in [4.78, 5) is 27.8. The van der Waals surface area contributed by atoms with Crippen molar-refractivity contribution in [3.05, 3.63) is 40.7 Å². The van der Waals surface area contributed by atoms with Crippen molar-refractivity contribution in [2.45, 2.75) is 51.8 Å². The molecule has 3 rings (SSSR count). The Morgan fingerprint density at radius 1 is 1.28 bits per heavy atom. The zero-order chi connectivity index (χ0) is 30.4. The fraction of sp³-hybridized carbons (Fsp3) is 0.600. The van der Waals surface area contributed by atoms with Gasteiger partial charge in [-0.25, -0.2) is 4.79 Å². The molecule has 2 aromatic rings. The molecular weight excluding hydrogens is 372 g/mol. The highest BCUT2D eigenvalue weighted by Gasteiger charge is 2.43. The van der Waals surface area contributed by atoms with Crippen LogP contribution in [-0.4, -0.2) is 63.0 Å². The molecule has 2 heterocycles. The van der Waals surface area contributed by atoms with E-state index >= 15 is 0 Å². The molecule has 0 radical (unpaired) electrons. The van der Waals surface area contributed by atoms with Gasteiger partial charge in [0.25, 0.3) is 0 Å². The Balaban J connectivity index is 2.05. The van der Waals surface area contributed by atoms with Gasteiger partial charge in [0.05, 0.1) is 16.1 Å². The zero-order valence-corrected chi connectivity index (χ0v) is 16.2. The third-order valence-corrected chi connectivity index (χ3v) is 4.72. The molecule has 158 valence electrons. The monoisotopic (exact) mass is 413 g/mol. The normalized spacial score (nSPS) is 23.2. The third kappa shape index (κ3) is 4.40. The molecule has 0 N–H and O–H groups in total. The molecule has 1 aliphatic heterocycles. The predicted octanol–water partition coefficient (Wildman–Crippen LogP) is 1.34. The molecule has 0 spiro atoms. The Labute approximate surface area is 186 Å². The molecule has 1 fully saturated rings. The number of carbonyl (C=O) groups is 1. The van der Waals surface area contributed by atoms with Crippen LogP contribution < -0.4 is 10.6 Å². The topological polar surface area (TPSA) is 85.5 Å². The van der Waals surface area contributed by atoms with Crippen molar-refractivity contribution in [3.8, 4) is 0 Å². The van der Waals surface area contributed by atoms with Gasteiger partial charge in [-0.2, -0.15) is 9.36 Å². The smallest absolute Gasteiger partial charge is 0.358 e. The lowest BCUT2D eigenvalue weighted by Gasteiger charge is -2.47. The summed E-state index contributed by atoms with van der Waals surface area (Å²) in [6.07, 6.45) is -1.12. The SMILES string of the molecule is [2H]c1c([2H])c([2H])c(N(C(=O)CC([2H])[2H])C2(OC)CCN(C([2H])([2H])C([2H])([2H])n3nnn(CC)c3=O)CC2)c([2H])c1[2H]. The molecule has 0 unspecified atom stereocenters. The fourth-order valence-corrected chi connectivity index (χ4v) is 3.15. The molecule has 9 heteroatoms. The van der Waals surface area contributed by atoms with E-state index in [0.717, 1.165) is 14.5 Å². The number of carbonyl (C=O) groups excluding carboxylic acids is 1. The van der Waals surface area contributed by atoms with E-state index in [4.69, 9.17) is 19.8 Å². The number of hydrogen-bond acceptors (Lipinski definition) is 6. The fourth-order valence-electron chi connectivity index (χ4n) is 3.15. The molecule has 1 aromatic carbocycles. The highest BCUT2D eigenvalue weighted by Crippen LogP contribution is 2.34. The van der Waals surface area contributed by atoms with Gasteiger partial charge >= 0.3 is 5.69 Å². The van der Waals surface area contributed by atoms with Crippen molar-refractivity contribution in [3.63, 3.8) is 0 Å². The molecule has 1 saturated heterocycles. The summed E-state index contributed by atoms with van der Waals surface area (Å²) in [5.41, 5.74) is -3.15. The van der Waals surface area contributed by atoms with E-state index in [1.54, 1.807) is 6.92 Å². The van der Waals surface area contributed by atoms with Crippen LogP contribution in [0.2, 0.25) is 0 Å². The van der Waals surface area contributed by atoms with Gasteiger partial charge in [-0.15, -0.1) is 0 Å². The highest BCUT2D eigenvalue weighted by molar-refractivity contribution is 5.94. The number of rotatable bonds is 8. The van der Waals surface area contributed by atoms with Crippen molar-refractivity contribution >= 4 is 11.6 Å². The number of amides is 1. The summed E-state index contributed by atoms with van der Waals surface area (Å²) >= 11 is 0. The summed E-state index contributed by atoms with van der Waals surface area (Å²) < 4.78 is 96.8. The number of ether oxygens (including phenoxy) is 1. The van der Waals surface area contributed by atoms with Crippen LogP contribution in [0.25, 0.3) is 0 Å². The van der Waals surface area contributed by atoms with E-state index in [1.165, 1.54) is 7.11 Å². The molecule has 1 aliphatic rings. The molecule has 9 nitrogen and oxygen atoms in total. The van der Waals surface area contributed by atoms with Crippen molar-refractivity contribution in [2.75, 3.05) is 31.6 Å². The summed E-state index contributed by atoms with van der Waals surface area (Å²) in [6.45, 7) is -6.26. The van der Waals surface area contributed by atoms with Gasteiger partial charge in [-0.3, -0.25) is 9.69 Å². The van der Waals surface area contributed by atoms with Gasteiger partial charge in [0.1, 0.15) is 5.72 Å². The van der Waals surface area contributed by atoms with Crippen molar-refractivity contribution < 1.29 is 24.6 Å². The Kier molecular flexibility index (Phi) is 3.54. The maximum Gasteiger partial charge on any atom is 0.363 e. The van der Waals surface area contributed by atoms with Gasteiger partial charge in [0, 0.05) is 63.7 Å². The van der Waals surface area contributed by atoms with Crippen molar-refractivity contribution in [1.29, 1.82) is 0 Å². The first kappa shape index (κ1) is 11.0. The number of para-hydroxylation sites is 1. The highest BCUT2D eigenvalue weighted by atomic mass is 16.5. The molecule has 0 aliphatic carbocycles. The number of hydrogen-bond donors (Lipinski definition) is 0. The van der Waals surface area contributed by atoms with Crippen LogP contribution in [0.5, 0.6) is 0 Å². The lowest BCUT2D eigenvalue weighted by molar-refractivity contribution is -0.128. The van der Waals surface area contributed by atoms with Gasteiger partial charge in [0.15, 0.2) is 0 Å². The average molecular weight is 414 g/mol. The first-order valence-corrected chi connectivity index (χ1v) is 9.06. The Hall–Kier alpha value is -2.52. The number of benzene rings is 1. The van der Waals surface area contributed by atoms with Crippen molar-refractivity contribution in [1.82, 2.24) is 24.7 Å². The summed E-state index contributed by atoms with van der Waals surface area (Å²) in [7, 11) is 1.22. The van der Waals surface area contributed by atoms with E-state index in [0.29, 0.717) is 4.68 Å². The van der Waals surface area contributed by atoms with Crippen molar-refractivity contribution in [2.24, 2.45) is 0 Å². The second kappa shape index (κ2) is 9.32. The Morgan fingerprint density at radius 2 is 1.97 bits per heavy atom. The van der Waals surface area contributed by atoms with E-state index in [1.807, 2.05) is 0 Å². The molecule has 0 saturated carbocycles. The number of tetrazole rings is 1. The number of aryl methyl sites for hydroxylation is 2. The Morgan fingerprint density at radius 3 is 2.55 bits per heavy atom. The van der Waals surface area contributed by atoms with Gasteiger partial charge in [-0.05, 0) is 29.4 Å². The number of likely N-dealkylation sites (tertiary alicyclic amines) is 1. The van der Waals surface area contributed by atoms with E-state index < -0.39 is 79.5 Å². The summed E-state index contributed by atoms with van der Waals surface area (Å²) in [5.74, 6) is -0.912. The number of methoxy groups -OCH3 is 1. The number of piperidine rings is 1. The van der Waals surface area contributed by atoms with Crippen LogP contribution in [0, 0.1) is 0 Å². The number of anilines is 1. The number of aromatic nitrogens is 4. The summed E-state index contributed by atoms with van der Waals surface area (Å²) in [5, 5.41) is 7.05. The van der Waals surface area contributed by atoms with Gasteiger partial charge in [-0.1, -0.05) is 25.0 Å². The van der Waals surface area contributed by atoms with Crippen LogP contribution in [0.4, 0.5) is 5.69 Å².